The lowest BCUT2D eigenvalue weighted by atomic mass is 10.0. The number of fused-ring (bicyclic) bond motifs is 2. The van der Waals surface area contributed by atoms with Gasteiger partial charge in [0.25, 0.3) is 11.6 Å². The monoisotopic (exact) mass is 358 g/mol. The lowest BCUT2D eigenvalue weighted by Crippen LogP contribution is -2.27. The number of carbonyl (C=O) groups is 1. The molecule has 134 valence electrons. The fourth-order valence-corrected chi connectivity index (χ4v) is 3.67. The second kappa shape index (κ2) is 6.68. The summed E-state index contributed by atoms with van der Waals surface area (Å²) in [5, 5.41) is 11.3. The molecule has 0 unspecified atom stereocenters. The van der Waals surface area contributed by atoms with Crippen molar-refractivity contribution in [3.8, 4) is 0 Å². The minimum absolute atomic E-state index is 0.0442. The van der Waals surface area contributed by atoms with E-state index in [4.69, 9.17) is 0 Å². The zero-order valence-corrected chi connectivity index (χ0v) is 14.9. The summed E-state index contributed by atoms with van der Waals surface area (Å²) in [6.45, 7) is 1.63. The molecule has 1 aliphatic heterocycles. The molecule has 0 spiro atoms. The SMILES string of the molecule is Cc1c(C(=O)N2c3ccccc3CCc3ccccc32)cccc1[N+](=O)[O-]. The quantitative estimate of drug-likeness (QED) is 0.479. The van der Waals surface area contributed by atoms with Gasteiger partial charge in [0.1, 0.15) is 0 Å². The third-order valence-electron chi connectivity index (χ3n) is 5.06. The summed E-state index contributed by atoms with van der Waals surface area (Å²) in [5.74, 6) is -0.252. The van der Waals surface area contributed by atoms with Gasteiger partial charge in [-0.2, -0.15) is 0 Å². The van der Waals surface area contributed by atoms with Gasteiger partial charge in [0.05, 0.1) is 21.9 Å². The Morgan fingerprint density at radius 3 is 2.00 bits per heavy atom. The molecule has 0 saturated heterocycles. The molecular weight excluding hydrogens is 340 g/mol. The standard InChI is InChI=1S/C22H18N2O3/c1-15-18(9-6-12-19(15)24(26)27)22(25)23-20-10-4-2-7-16(20)13-14-17-8-3-5-11-21(17)23/h2-12H,13-14H2,1H3. The first-order chi connectivity index (χ1) is 13.1. The van der Waals surface area contributed by atoms with Gasteiger partial charge in [-0.3, -0.25) is 19.8 Å². The lowest BCUT2D eigenvalue weighted by molar-refractivity contribution is -0.385. The Kier molecular flexibility index (Phi) is 4.20. The van der Waals surface area contributed by atoms with Gasteiger partial charge < -0.3 is 0 Å². The van der Waals surface area contributed by atoms with Crippen molar-refractivity contribution in [2.24, 2.45) is 0 Å². The van der Waals surface area contributed by atoms with Crippen molar-refractivity contribution >= 4 is 23.0 Å². The molecular formula is C22H18N2O3. The number of anilines is 2. The summed E-state index contributed by atoms with van der Waals surface area (Å²) >= 11 is 0. The molecule has 5 nitrogen and oxygen atoms in total. The van der Waals surface area contributed by atoms with Crippen LogP contribution in [0.1, 0.15) is 27.0 Å². The number of rotatable bonds is 2. The average molecular weight is 358 g/mol. The predicted octanol–water partition coefficient (Wildman–Crippen LogP) is 4.98. The first kappa shape index (κ1) is 17.0. The normalized spacial score (nSPS) is 12.7. The molecule has 27 heavy (non-hydrogen) atoms. The first-order valence-corrected chi connectivity index (χ1v) is 8.82. The van der Waals surface area contributed by atoms with Crippen LogP contribution in [0.4, 0.5) is 17.1 Å². The fourth-order valence-electron chi connectivity index (χ4n) is 3.67. The Labute approximate surface area is 157 Å². The topological polar surface area (TPSA) is 63.5 Å². The smallest absolute Gasteiger partial charge is 0.273 e. The molecule has 0 bridgehead atoms. The number of para-hydroxylation sites is 2. The zero-order valence-electron chi connectivity index (χ0n) is 14.9. The highest BCUT2D eigenvalue weighted by atomic mass is 16.6. The van der Waals surface area contributed by atoms with E-state index in [1.165, 1.54) is 6.07 Å². The highest BCUT2D eigenvalue weighted by Crippen LogP contribution is 2.37. The molecule has 0 radical (unpaired) electrons. The van der Waals surface area contributed by atoms with Crippen LogP contribution in [0.5, 0.6) is 0 Å². The van der Waals surface area contributed by atoms with Crippen molar-refractivity contribution < 1.29 is 9.72 Å². The summed E-state index contributed by atoms with van der Waals surface area (Å²) in [6, 6.07) is 20.3. The highest BCUT2D eigenvalue weighted by molar-refractivity contribution is 6.13. The Morgan fingerprint density at radius 2 is 1.44 bits per heavy atom. The Morgan fingerprint density at radius 1 is 0.889 bits per heavy atom. The third kappa shape index (κ3) is 2.87. The van der Waals surface area contributed by atoms with Crippen molar-refractivity contribution in [3.05, 3.63) is 99.1 Å². The maximum Gasteiger partial charge on any atom is 0.273 e. The minimum atomic E-state index is -0.448. The van der Waals surface area contributed by atoms with E-state index in [0.717, 1.165) is 35.3 Å². The molecule has 0 fully saturated rings. The second-order valence-corrected chi connectivity index (χ2v) is 6.60. The molecule has 3 aromatic carbocycles. The van der Waals surface area contributed by atoms with Crippen LogP contribution in [-0.4, -0.2) is 10.8 Å². The molecule has 0 saturated carbocycles. The number of nitro groups is 1. The van der Waals surface area contributed by atoms with E-state index in [2.05, 4.69) is 0 Å². The van der Waals surface area contributed by atoms with Crippen LogP contribution >= 0.6 is 0 Å². The number of hydrogen-bond acceptors (Lipinski definition) is 3. The summed E-state index contributed by atoms with van der Waals surface area (Å²) in [6.07, 6.45) is 1.68. The van der Waals surface area contributed by atoms with Gasteiger partial charge in [-0.25, -0.2) is 0 Å². The molecule has 1 amide bonds. The molecule has 5 heteroatoms. The Hall–Kier alpha value is -3.47. The largest absolute Gasteiger partial charge is 0.276 e. The van der Waals surface area contributed by atoms with Crippen molar-refractivity contribution in [2.45, 2.75) is 19.8 Å². The number of hydrogen-bond donors (Lipinski definition) is 0. The molecule has 0 aliphatic carbocycles. The van der Waals surface area contributed by atoms with Crippen molar-refractivity contribution in [1.82, 2.24) is 0 Å². The van der Waals surface area contributed by atoms with Crippen LogP contribution in [0.15, 0.2) is 66.7 Å². The number of aryl methyl sites for hydroxylation is 2. The van der Waals surface area contributed by atoms with E-state index in [0.29, 0.717) is 11.1 Å². The van der Waals surface area contributed by atoms with E-state index in [-0.39, 0.29) is 11.6 Å². The molecule has 0 atom stereocenters. The first-order valence-electron chi connectivity index (χ1n) is 8.82. The van der Waals surface area contributed by atoms with Crippen LogP contribution in [-0.2, 0) is 12.8 Å². The predicted molar refractivity (Wildman–Crippen MR) is 105 cm³/mol. The zero-order chi connectivity index (χ0) is 19.0. The maximum absolute atomic E-state index is 13.6. The summed E-state index contributed by atoms with van der Waals surface area (Å²) in [5.41, 5.74) is 4.52. The van der Waals surface area contributed by atoms with Crippen molar-refractivity contribution in [3.63, 3.8) is 0 Å². The third-order valence-corrected chi connectivity index (χ3v) is 5.06. The minimum Gasteiger partial charge on any atom is -0.276 e. The van der Waals surface area contributed by atoms with Crippen LogP contribution in [0, 0.1) is 17.0 Å². The average Bonchev–Trinajstić information content (AvgIpc) is 2.84. The summed E-state index contributed by atoms with van der Waals surface area (Å²) < 4.78 is 0. The van der Waals surface area contributed by atoms with Gasteiger partial charge in [0, 0.05) is 11.6 Å². The van der Waals surface area contributed by atoms with Gasteiger partial charge in [0.15, 0.2) is 0 Å². The number of nitrogens with zero attached hydrogens (tertiary/aromatic N) is 2. The van der Waals surface area contributed by atoms with Crippen LogP contribution < -0.4 is 4.90 Å². The van der Waals surface area contributed by atoms with Gasteiger partial charge in [-0.05, 0) is 49.1 Å². The maximum atomic E-state index is 13.6. The van der Waals surface area contributed by atoms with E-state index < -0.39 is 4.92 Å². The fraction of sp³-hybridized carbons (Fsp3) is 0.136. The Balaban J connectivity index is 1.92. The van der Waals surface area contributed by atoms with Crippen molar-refractivity contribution in [1.29, 1.82) is 0 Å². The Bertz CT molecular complexity index is 1010. The van der Waals surface area contributed by atoms with Crippen LogP contribution in [0.3, 0.4) is 0 Å². The number of carbonyl (C=O) groups excluding carboxylic acids is 1. The number of benzene rings is 3. The van der Waals surface area contributed by atoms with E-state index >= 15 is 0 Å². The second-order valence-electron chi connectivity index (χ2n) is 6.60. The van der Waals surface area contributed by atoms with Gasteiger partial charge in [-0.15, -0.1) is 0 Å². The summed E-state index contributed by atoms with van der Waals surface area (Å²) in [7, 11) is 0. The van der Waals surface area contributed by atoms with Gasteiger partial charge in [0.2, 0.25) is 0 Å². The molecule has 1 aliphatic rings. The molecule has 4 rings (SSSR count). The van der Waals surface area contributed by atoms with Crippen LogP contribution in [0.25, 0.3) is 0 Å². The highest BCUT2D eigenvalue weighted by Gasteiger charge is 2.29. The molecule has 3 aromatic rings. The molecule has 0 N–H and O–H groups in total. The van der Waals surface area contributed by atoms with E-state index in [9.17, 15) is 14.9 Å². The number of nitro benzene ring substituents is 1. The molecule has 0 aromatic heterocycles. The number of amides is 1. The van der Waals surface area contributed by atoms with Gasteiger partial charge >= 0.3 is 0 Å². The van der Waals surface area contributed by atoms with Crippen molar-refractivity contribution in [2.75, 3.05) is 4.90 Å². The molecule has 1 heterocycles. The van der Waals surface area contributed by atoms with E-state index in [1.54, 1.807) is 24.0 Å². The van der Waals surface area contributed by atoms with Gasteiger partial charge in [-0.1, -0.05) is 42.5 Å². The van der Waals surface area contributed by atoms with Crippen LogP contribution in [0.2, 0.25) is 0 Å². The van der Waals surface area contributed by atoms with E-state index in [1.807, 2.05) is 48.5 Å². The lowest BCUT2D eigenvalue weighted by Gasteiger charge is -2.25. The summed E-state index contributed by atoms with van der Waals surface area (Å²) in [4.78, 5) is 26.1.